The first kappa shape index (κ1) is 16.2. The molecule has 0 fully saturated rings. The predicted molar refractivity (Wildman–Crippen MR) is 79.9 cm³/mol. The van der Waals surface area contributed by atoms with Crippen LogP contribution in [0.25, 0.3) is 11.3 Å². The maximum atomic E-state index is 12.0. The van der Waals surface area contributed by atoms with Crippen LogP contribution in [0.3, 0.4) is 0 Å². The van der Waals surface area contributed by atoms with Crippen LogP contribution in [0.15, 0.2) is 24.3 Å². The average molecular weight is 296 g/mol. The Morgan fingerprint density at radius 1 is 1.45 bits per heavy atom. The summed E-state index contributed by atoms with van der Waals surface area (Å²) in [6.07, 6.45) is 0. The van der Waals surface area contributed by atoms with E-state index in [1.807, 2.05) is 24.3 Å². The van der Waals surface area contributed by atoms with Crippen molar-refractivity contribution >= 4 is 18.4 Å². The van der Waals surface area contributed by atoms with Gasteiger partial charge in [-0.3, -0.25) is 5.10 Å². The van der Waals surface area contributed by atoms with Crippen molar-refractivity contribution in [2.75, 3.05) is 6.61 Å². The number of hydrogen-bond acceptors (Lipinski definition) is 4. The minimum absolute atomic E-state index is 0. The summed E-state index contributed by atoms with van der Waals surface area (Å²) in [5.41, 5.74) is 9.30. The van der Waals surface area contributed by atoms with Crippen LogP contribution in [-0.2, 0) is 11.3 Å². The second-order valence-electron chi connectivity index (χ2n) is 4.18. The van der Waals surface area contributed by atoms with Gasteiger partial charge in [0.2, 0.25) is 0 Å². The van der Waals surface area contributed by atoms with E-state index < -0.39 is 0 Å². The third-order valence-electron chi connectivity index (χ3n) is 2.88. The lowest BCUT2D eigenvalue weighted by Crippen LogP contribution is -2.07. The molecule has 20 heavy (non-hydrogen) atoms. The van der Waals surface area contributed by atoms with Crippen molar-refractivity contribution < 1.29 is 9.53 Å². The Morgan fingerprint density at radius 3 is 2.85 bits per heavy atom. The number of aryl methyl sites for hydroxylation is 1. The lowest BCUT2D eigenvalue weighted by Gasteiger charge is -2.05. The van der Waals surface area contributed by atoms with E-state index in [9.17, 15) is 4.79 Å². The zero-order valence-corrected chi connectivity index (χ0v) is 12.3. The predicted octanol–water partition coefficient (Wildman–Crippen LogP) is 2.44. The molecule has 5 nitrogen and oxygen atoms in total. The number of aromatic nitrogens is 2. The molecule has 0 bridgehead atoms. The fourth-order valence-corrected chi connectivity index (χ4v) is 1.95. The quantitative estimate of drug-likeness (QED) is 0.849. The Morgan fingerprint density at radius 2 is 2.20 bits per heavy atom. The summed E-state index contributed by atoms with van der Waals surface area (Å²) < 4.78 is 5.06. The van der Waals surface area contributed by atoms with Crippen LogP contribution < -0.4 is 5.73 Å². The van der Waals surface area contributed by atoms with E-state index in [4.69, 9.17) is 10.5 Å². The first-order valence-electron chi connectivity index (χ1n) is 6.18. The number of esters is 1. The highest BCUT2D eigenvalue weighted by Crippen LogP contribution is 2.25. The summed E-state index contributed by atoms with van der Waals surface area (Å²) >= 11 is 0. The molecule has 0 aliphatic carbocycles. The molecule has 0 saturated heterocycles. The Balaban J connectivity index is 0.00000200. The average Bonchev–Trinajstić information content (AvgIpc) is 2.81. The number of halogens is 1. The smallest absolute Gasteiger partial charge is 0.342 e. The second kappa shape index (κ2) is 7.07. The molecular formula is C14H18ClN3O2. The van der Waals surface area contributed by atoms with Crippen molar-refractivity contribution in [1.82, 2.24) is 10.2 Å². The van der Waals surface area contributed by atoms with Gasteiger partial charge in [-0.2, -0.15) is 5.10 Å². The van der Waals surface area contributed by atoms with E-state index in [2.05, 4.69) is 10.2 Å². The van der Waals surface area contributed by atoms with Gasteiger partial charge in [-0.1, -0.05) is 18.2 Å². The lowest BCUT2D eigenvalue weighted by molar-refractivity contribution is 0.0526. The van der Waals surface area contributed by atoms with Crippen molar-refractivity contribution in [2.45, 2.75) is 20.4 Å². The largest absolute Gasteiger partial charge is 0.462 e. The molecular weight excluding hydrogens is 278 g/mol. The number of ether oxygens (including phenoxy) is 1. The Hall–Kier alpha value is -1.85. The Labute approximate surface area is 123 Å². The van der Waals surface area contributed by atoms with Gasteiger partial charge in [-0.15, -0.1) is 12.4 Å². The molecule has 0 saturated carbocycles. The first-order chi connectivity index (χ1) is 9.17. The van der Waals surface area contributed by atoms with Gasteiger partial charge < -0.3 is 10.5 Å². The molecule has 0 radical (unpaired) electrons. The van der Waals surface area contributed by atoms with Gasteiger partial charge in [0.25, 0.3) is 0 Å². The fourth-order valence-electron chi connectivity index (χ4n) is 1.95. The fraction of sp³-hybridized carbons (Fsp3) is 0.286. The van der Waals surface area contributed by atoms with Crippen molar-refractivity contribution in [2.24, 2.45) is 5.73 Å². The van der Waals surface area contributed by atoms with Crippen molar-refractivity contribution in [3.8, 4) is 11.3 Å². The third-order valence-corrected chi connectivity index (χ3v) is 2.88. The van der Waals surface area contributed by atoms with Crippen LogP contribution in [0, 0.1) is 6.92 Å². The SMILES string of the molecule is CCOC(=O)c1c(C)n[nH]c1-c1cccc(CN)c1.Cl. The molecule has 1 heterocycles. The summed E-state index contributed by atoms with van der Waals surface area (Å²) in [5.74, 6) is -0.359. The number of nitrogens with zero attached hydrogens (tertiary/aromatic N) is 1. The third kappa shape index (κ3) is 3.18. The Kier molecular flexibility index (Phi) is 5.73. The summed E-state index contributed by atoms with van der Waals surface area (Å²) in [6.45, 7) is 4.35. The van der Waals surface area contributed by atoms with Crippen LogP contribution in [-0.4, -0.2) is 22.8 Å². The number of nitrogens with two attached hydrogens (primary N) is 1. The summed E-state index contributed by atoms with van der Waals surface area (Å²) in [5, 5.41) is 6.98. The molecule has 3 N–H and O–H groups in total. The van der Waals surface area contributed by atoms with E-state index in [1.165, 1.54) is 0 Å². The molecule has 1 aromatic carbocycles. The number of rotatable bonds is 4. The minimum atomic E-state index is -0.359. The van der Waals surface area contributed by atoms with Crippen LogP contribution >= 0.6 is 12.4 Å². The monoisotopic (exact) mass is 295 g/mol. The zero-order chi connectivity index (χ0) is 13.8. The second-order valence-corrected chi connectivity index (χ2v) is 4.18. The van der Waals surface area contributed by atoms with E-state index in [0.717, 1.165) is 11.1 Å². The van der Waals surface area contributed by atoms with Crippen LogP contribution in [0.1, 0.15) is 28.5 Å². The standard InChI is InChI=1S/C14H17N3O2.ClH/c1-3-19-14(18)12-9(2)16-17-13(12)11-6-4-5-10(7-11)8-15;/h4-7H,3,8,15H2,1-2H3,(H,16,17);1H. The van der Waals surface area contributed by atoms with E-state index in [-0.39, 0.29) is 18.4 Å². The number of aromatic amines is 1. The zero-order valence-electron chi connectivity index (χ0n) is 11.5. The van der Waals surface area contributed by atoms with Crippen molar-refractivity contribution in [3.05, 3.63) is 41.1 Å². The number of carbonyl (C=O) groups is 1. The highest BCUT2D eigenvalue weighted by atomic mass is 35.5. The van der Waals surface area contributed by atoms with Gasteiger partial charge in [-0.05, 0) is 25.5 Å². The maximum absolute atomic E-state index is 12.0. The number of benzene rings is 1. The van der Waals surface area contributed by atoms with Gasteiger partial charge in [0.05, 0.1) is 18.0 Å². The van der Waals surface area contributed by atoms with Gasteiger partial charge in [0.1, 0.15) is 5.56 Å². The molecule has 0 unspecified atom stereocenters. The number of hydrogen-bond donors (Lipinski definition) is 2. The molecule has 1 aromatic heterocycles. The molecule has 2 rings (SSSR count). The molecule has 0 spiro atoms. The van der Waals surface area contributed by atoms with Gasteiger partial charge in [-0.25, -0.2) is 4.79 Å². The molecule has 0 aliphatic rings. The van der Waals surface area contributed by atoms with Crippen LogP contribution in [0.4, 0.5) is 0 Å². The number of carbonyl (C=O) groups excluding carboxylic acids is 1. The van der Waals surface area contributed by atoms with E-state index in [0.29, 0.717) is 30.1 Å². The van der Waals surface area contributed by atoms with Crippen molar-refractivity contribution in [1.29, 1.82) is 0 Å². The van der Waals surface area contributed by atoms with Crippen molar-refractivity contribution in [3.63, 3.8) is 0 Å². The molecule has 108 valence electrons. The van der Waals surface area contributed by atoms with E-state index in [1.54, 1.807) is 13.8 Å². The summed E-state index contributed by atoms with van der Waals surface area (Å²) in [4.78, 5) is 12.0. The van der Waals surface area contributed by atoms with Gasteiger partial charge in [0, 0.05) is 12.1 Å². The topological polar surface area (TPSA) is 81.0 Å². The summed E-state index contributed by atoms with van der Waals surface area (Å²) in [6, 6.07) is 7.70. The van der Waals surface area contributed by atoms with Crippen LogP contribution in [0.2, 0.25) is 0 Å². The Bertz CT molecular complexity index is 596. The summed E-state index contributed by atoms with van der Waals surface area (Å²) in [7, 11) is 0. The minimum Gasteiger partial charge on any atom is -0.462 e. The molecule has 0 atom stereocenters. The maximum Gasteiger partial charge on any atom is 0.342 e. The van der Waals surface area contributed by atoms with Gasteiger partial charge in [0.15, 0.2) is 0 Å². The molecule has 0 aliphatic heterocycles. The highest BCUT2D eigenvalue weighted by Gasteiger charge is 2.20. The molecule has 0 amide bonds. The normalized spacial score (nSPS) is 9.95. The lowest BCUT2D eigenvalue weighted by atomic mass is 10.0. The van der Waals surface area contributed by atoms with Gasteiger partial charge >= 0.3 is 5.97 Å². The number of nitrogens with one attached hydrogen (secondary N) is 1. The molecule has 2 aromatic rings. The highest BCUT2D eigenvalue weighted by molar-refractivity contribution is 5.97. The van der Waals surface area contributed by atoms with E-state index >= 15 is 0 Å². The van der Waals surface area contributed by atoms with Crippen LogP contribution in [0.5, 0.6) is 0 Å². The number of H-pyrrole nitrogens is 1. The first-order valence-corrected chi connectivity index (χ1v) is 6.18. The molecule has 6 heteroatoms.